The number of nitrogens with one attached hydrogen (secondary N) is 1. The molecule has 0 aliphatic carbocycles. The van der Waals surface area contributed by atoms with E-state index in [-0.39, 0.29) is 5.92 Å². The number of pyridine rings is 1. The third-order valence-corrected chi connectivity index (χ3v) is 5.19. The van der Waals surface area contributed by atoms with Crippen LogP contribution >= 0.6 is 0 Å². The molecule has 2 nitrogen and oxygen atoms in total. The van der Waals surface area contributed by atoms with E-state index in [0.717, 1.165) is 17.7 Å². The first kappa shape index (κ1) is 20.4. The second-order valence-corrected chi connectivity index (χ2v) is 7.41. The average Bonchev–Trinajstić information content (AvgIpc) is 2.66. The van der Waals surface area contributed by atoms with Crippen LogP contribution in [0, 0.1) is 5.41 Å². The molecule has 1 heterocycles. The van der Waals surface area contributed by atoms with E-state index in [1.54, 1.807) is 0 Å². The van der Waals surface area contributed by atoms with Crippen molar-refractivity contribution in [2.24, 2.45) is 7.05 Å². The molecule has 2 rings (SSSR count). The molecule has 1 unspecified atom stereocenters. The molecule has 0 bridgehead atoms. The number of hydrogen-bond donors (Lipinski definition) is 1. The monoisotopic (exact) mass is 351 g/mol. The summed E-state index contributed by atoms with van der Waals surface area (Å²) in [6.45, 7) is 4.49. The van der Waals surface area contributed by atoms with Gasteiger partial charge in [-0.1, -0.05) is 70.2 Å². The van der Waals surface area contributed by atoms with Crippen LogP contribution in [0.1, 0.15) is 81.4 Å². The quantitative estimate of drug-likeness (QED) is 0.293. The van der Waals surface area contributed by atoms with Crippen molar-refractivity contribution in [1.82, 2.24) is 0 Å². The van der Waals surface area contributed by atoms with Crippen molar-refractivity contribution in [1.29, 1.82) is 5.41 Å². The van der Waals surface area contributed by atoms with Gasteiger partial charge in [0.05, 0.1) is 0 Å². The lowest BCUT2D eigenvalue weighted by atomic mass is 9.85. The zero-order valence-electron chi connectivity index (χ0n) is 16.8. The molecule has 0 amide bonds. The van der Waals surface area contributed by atoms with Crippen LogP contribution in [-0.4, -0.2) is 5.71 Å². The smallest absolute Gasteiger partial charge is 0.169 e. The highest BCUT2D eigenvalue weighted by atomic mass is 14.9. The van der Waals surface area contributed by atoms with Crippen molar-refractivity contribution in [3.05, 3.63) is 65.5 Å². The summed E-state index contributed by atoms with van der Waals surface area (Å²) in [6, 6.07) is 13.2. The second-order valence-electron chi connectivity index (χ2n) is 7.41. The Hall–Kier alpha value is -1.96. The fraction of sp³-hybridized carbons (Fsp3) is 0.500. The molecule has 0 spiro atoms. The third-order valence-electron chi connectivity index (χ3n) is 5.19. The maximum atomic E-state index is 8.81. The Kier molecular flexibility index (Phi) is 8.53. The fourth-order valence-corrected chi connectivity index (χ4v) is 3.45. The van der Waals surface area contributed by atoms with Gasteiger partial charge >= 0.3 is 0 Å². The first-order valence-corrected chi connectivity index (χ1v) is 10.3. The van der Waals surface area contributed by atoms with Crippen LogP contribution in [0.2, 0.25) is 0 Å². The molecule has 0 saturated carbocycles. The molecule has 0 radical (unpaired) electrons. The van der Waals surface area contributed by atoms with E-state index in [4.69, 9.17) is 5.41 Å². The highest BCUT2D eigenvalue weighted by Gasteiger charge is 2.19. The Bertz CT molecular complexity index is 656. The zero-order chi connectivity index (χ0) is 18.8. The first-order valence-electron chi connectivity index (χ1n) is 10.3. The molecule has 1 atom stereocenters. The third kappa shape index (κ3) is 6.09. The van der Waals surface area contributed by atoms with E-state index in [1.807, 2.05) is 24.0 Å². The van der Waals surface area contributed by atoms with Gasteiger partial charge in [-0.05, 0) is 30.4 Å². The minimum atomic E-state index is 0.193. The fourth-order valence-electron chi connectivity index (χ4n) is 3.45. The molecule has 140 valence electrons. The molecule has 2 heteroatoms. The van der Waals surface area contributed by atoms with Crippen molar-refractivity contribution in [3.8, 4) is 0 Å². The van der Waals surface area contributed by atoms with Crippen LogP contribution in [0.15, 0.2) is 48.8 Å². The summed E-state index contributed by atoms with van der Waals surface area (Å²) in [4.78, 5) is 0. The standard InChI is InChI=1S/C24H35N2/c1-4-6-8-10-20-12-14-21(15-13-20)23(11-9-7-5-2)24(25)22-16-18-26(3)19-17-22/h12-19,23,25H,4-11H2,1-3H3/q+1. The molecule has 0 aliphatic rings. The van der Waals surface area contributed by atoms with Gasteiger partial charge in [0.2, 0.25) is 0 Å². The number of aromatic nitrogens is 1. The average molecular weight is 352 g/mol. The van der Waals surface area contributed by atoms with Crippen LogP contribution in [-0.2, 0) is 13.5 Å². The van der Waals surface area contributed by atoms with Crippen LogP contribution in [0.4, 0.5) is 0 Å². The van der Waals surface area contributed by atoms with Gasteiger partial charge in [-0.3, -0.25) is 0 Å². The minimum absolute atomic E-state index is 0.193. The van der Waals surface area contributed by atoms with Crippen LogP contribution in [0.3, 0.4) is 0 Å². The molecule has 1 aromatic carbocycles. The summed E-state index contributed by atoms with van der Waals surface area (Å²) >= 11 is 0. The summed E-state index contributed by atoms with van der Waals surface area (Å²) < 4.78 is 2.02. The molecule has 26 heavy (non-hydrogen) atoms. The second kappa shape index (κ2) is 10.9. The predicted molar refractivity (Wildman–Crippen MR) is 111 cm³/mol. The van der Waals surface area contributed by atoms with Gasteiger partial charge in [-0.25, -0.2) is 4.57 Å². The number of unbranched alkanes of at least 4 members (excludes halogenated alkanes) is 4. The first-order chi connectivity index (χ1) is 12.7. The number of hydrogen-bond acceptors (Lipinski definition) is 1. The molecule has 2 aromatic rings. The number of aryl methyl sites for hydroxylation is 2. The molecule has 1 N–H and O–H groups in total. The van der Waals surface area contributed by atoms with E-state index in [0.29, 0.717) is 0 Å². The normalized spacial score (nSPS) is 12.1. The van der Waals surface area contributed by atoms with Crippen LogP contribution < -0.4 is 4.57 Å². The van der Waals surface area contributed by atoms with Crippen molar-refractivity contribution < 1.29 is 4.57 Å². The van der Waals surface area contributed by atoms with E-state index < -0.39 is 0 Å². The van der Waals surface area contributed by atoms with Gasteiger partial charge in [0, 0.05) is 29.3 Å². The van der Waals surface area contributed by atoms with E-state index in [9.17, 15) is 0 Å². The highest BCUT2D eigenvalue weighted by Crippen LogP contribution is 2.27. The molecular weight excluding hydrogens is 316 g/mol. The van der Waals surface area contributed by atoms with Crippen molar-refractivity contribution in [3.63, 3.8) is 0 Å². The summed E-state index contributed by atoms with van der Waals surface area (Å²) in [7, 11) is 2.02. The van der Waals surface area contributed by atoms with E-state index in [2.05, 4.69) is 50.2 Å². The number of nitrogens with zero attached hydrogens (tertiary/aromatic N) is 1. The number of rotatable bonds is 11. The van der Waals surface area contributed by atoms with Gasteiger partial charge < -0.3 is 5.41 Å². The van der Waals surface area contributed by atoms with Crippen molar-refractivity contribution >= 4 is 5.71 Å². The Morgan fingerprint density at radius 2 is 1.50 bits per heavy atom. The van der Waals surface area contributed by atoms with Gasteiger partial charge in [0.1, 0.15) is 7.05 Å². The van der Waals surface area contributed by atoms with Crippen LogP contribution in [0.5, 0.6) is 0 Å². The summed E-state index contributed by atoms with van der Waals surface area (Å²) in [6.07, 6.45) is 13.8. The molecule has 1 aromatic heterocycles. The van der Waals surface area contributed by atoms with Gasteiger partial charge in [-0.2, -0.15) is 0 Å². The van der Waals surface area contributed by atoms with Crippen molar-refractivity contribution in [2.75, 3.05) is 0 Å². The molecule has 0 fully saturated rings. The van der Waals surface area contributed by atoms with E-state index >= 15 is 0 Å². The van der Waals surface area contributed by atoms with Crippen molar-refractivity contribution in [2.45, 2.75) is 71.1 Å². The summed E-state index contributed by atoms with van der Waals surface area (Å²) in [5.74, 6) is 0.193. The zero-order valence-corrected chi connectivity index (χ0v) is 16.8. The summed E-state index contributed by atoms with van der Waals surface area (Å²) in [5.41, 5.74) is 4.50. The Morgan fingerprint density at radius 3 is 2.12 bits per heavy atom. The van der Waals surface area contributed by atoms with Gasteiger partial charge in [0.15, 0.2) is 12.4 Å². The maximum absolute atomic E-state index is 8.81. The Morgan fingerprint density at radius 1 is 0.885 bits per heavy atom. The molecule has 0 aliphatic heterocycles. The van der Waals surface area contributed by atoms with E-state index in [1.165, 1.54) is 56.1 Å². The van der Waals surface area contributed by atoms with Gasteiger partial charge in [0.25, 0.3) is 0 Å². The largest absolute Gasteiger partial charge is 0.304 e. The SMILES string of the molecule is CCCCCc1ccc(C(CCCCC)C(=N)c2cc[n+](C)cc2)cc1. The predicted octanol–water partition coefficient (Wildman–Crippen LogP) is 5.98. The highest BCUT2D eigenvalue weighted by molar-refractivity contribution is 6.02. The molecular formula is C24H35N2+. The van der Waals surface area contributed by atoms with Crippen LogP contribution in [0.25, 0.3) is 0 Å². The summed E-state index contributed by atoms with van der Waals surface area (Å²) in [5, 5.41) is 8.81. The topological polar surface area (TPSA) is 27.7 Å². The Labute approximate surface area is 159 Å². The lowest BCUT2D eigenvalue weighted by Crippen LogP contribution is -2.27. The molecule has 0 saturated heterocycles. The number of benzene rings is 1. The Balaban J connectivity index is 2.15. The lowest BCUT2D eigenvalue weighted by Gasteiger charge is -2.19. The van der Waals surface area contributed by atoms with Gasteiger partial charge in [-0.15, -0.1) is 0 Å². The lowest BCUT2D eigenvalue weighted by molar-refractivity contribution is -0.671. The minimum Gasteiger partial charge on any atom is -0.304 e. The maximum Gasteiger partial charge on any atom is 0.169 e.